The number of fused-ring (bicyclic) bond motifs is 1. The van der Waals surface area contributed by atoms with Gasteiger partial charge in [0.2, 0.25) is 0 Å². The van der Waals surface area contributed by atoms with E-state index < -0.39 is 23.4 Å². The SMILES string of the molecule is Cn1ncc(-c2nc(-c3ccc(C(F)(F)F)cc3)nc3c2CCN(C(=O)OC(C)(C)C)C3)n1. The summed E-state index contributed by atoms with van der Waals surface area (Å²) in [6.45, 7) is 5.98. The van der Waals surface area contributed by atoms with E-state index in [4.69, 9.17) is 4.74 Å². The fourth-order valence-corrected chi connectivity index (χ4v) is 3.52. The van der Waals surface area contributed by atoms with E-state index in [9.17, 15) is 18.0 Å². The Labute approximate surface area is 188 Å². The second kappa shape index (κ2) is 8.13. The van der Waals surface area contributed by atoms with Gasteiger partial charge in [-0.15, -0.1) is 0 Å². The molecule has 0 N–H and O–H groups in total. The van der Waals surface area contributed by atoms with Gasteiger partial charge in [-0.1, -0.05) is 12.1 Å². The molecule has 0 bridgehead atoms. The number of benzene rings is 1. The van der Waals surface area contributed by atoms with Crippen LogP contribution in [0.15, 0.2) is 30.5 Å². The zero-order valence-electron chi connectivity index (χ0n) is 18.6. The average Bonchev–Trinajstić information content (AvgIpc) is 3.17. The third kappa shape index (κ3) is 4.96. The fourth-order valence-electron chi connectivity index (χ4n) is 3.52. The van der Waals surface area contributed by atoms with Gasteiger partial charge in [0.25, 0.3) is 0 Å². The molecule has 33 heavy (non-hydrogen) atoms. The monoisotopic (exact) mass is 460 g/mol. The highest BCUT2D eigenvalue weighted by molar-refractivity contribution is 5.70. The molecule has 0 spiro atoms. The van der Waals surface area contributed by atoms with Gasteiger partial charge in [-0.3, -0.25) is 0 Å². The number of carbonyl (C=O) groups excluding carboxylic acids is 1. The van der Waals surface area contributed by atoms with Crippen LogP contribution in [0.2, 0.25) is 0 Å². The Morgan fingerprint density at radius 1 is 1.09 bits per heavy atom. The van der Waals surface area contributed by atoms with Crippen LogP contribution in [-0.4, -0.2) is 48.1 Å². The van der Waals surface area contributed by atoms with Crippen LogP contribution in [0.3, 0.4) is 0 Å². The standard InChI is InChI=1S/C22H23F3N6O2/c1-21(2,3)33-20(32)31-10-9-15-17(12-31)27-19(28-18(15)16-11-26-30(4)29-16)13-5-7-14(8-6-13)22(23,24)25/h5-8,11H,9-10,12H2,1-4H3. The predicted octanol–water partition coefficient (Wildman–Crippen LogP) is 4.25. The molecule has 0 atom stereocenters. The highest BCUT2D eigenvalue weighted by Crippen LogP contribution is 2.33. The minimum atomic E-state index is -4.44. The summed E-state index contributed by atoms with van der Waals surface area (Å²) >= 11 is 0. The van der Waals surface area contributed by atoms with Crippen molar-refractivity contribution in [1.82, 2.24) is 29.9 Å². The molecular formula is C22H23F3N6O2. The van der Waals surface area contributed by atoms with Crippen LogP contribution in [0.5, 0.6) is 0 Å². The van der Waals surface area contributed by atoms with E-state index in [2.05, 4.69) is 20.2 Å². The largest absolute Gasteiger partial charge is 0.444 e. The topological polar surface area (TPSA) is 86.0 Å². The first kappa shape index (κ1) is 22.7. The number of amides is 1. The second-order valence-corrected chi connectivity index (χ2v) is 8.77. The molecular weight excluding hydrogens is 437 g/mol. The van der Waals surface area contributed by atoms with Crippen molar-refractivity contribution in [2.24, 2.45) is 7.05 Å². The van der Waals surface area contributed by atoms with Gasteiger partial charge in [-0.25, -0.2) is 14.8 Å². The Kier molecular flexibility index (Phi) is 5.59. The quantitative estimate of drug-likeness (QED) is 0.568. The van der Waals surface area contributed by atoms with Crippen LogP contribution in [0.4, 0.5) is 18.0 Å². The van der Waals surface area contributed by atoms with Crippen molar-refractivity contribution in [2.75, 3.05) is 6.54 Å². The highest BCUT2D eigenvalue weighted by atomic mass is 19.4. The molecule has 3 aromatic rings. The van der Waals surface area contributed by atoms with Crippen molar-refractivity contribution in [3.05, 3.63) is 47.3 Å². The molecule has 174 valence electrons. The maximum Gasteiger partial charge on any atom is 0.416 e. The Hall–Kier alpha value is -3.50. The molecule has 0 saturated heterocycles. The lowest BCUT2D eigenvalue weighted by molar-refractivity contribution is -0.137. The normalized spacial score (nSPS) is 14.2. The summed E-state index contributed by atoms with van der Waals surface area (Å²) < 4.78 is 44.4. The molecule has 8 nitrogen and oxygen atoms in total. The van der Waals surface area contributed by atoms with E-state index >= 15 is 0 Å². The number of halogens is 3. The number of carbonyl (C=O) groups is 1. The van der Waals surface area contributed by atoms with Gasteiger partial charge in [-0.2, -0.15) is 28.2 Å². The molecule has 1 aromatic carbocycles. The van der Waals surface area contributed by atoms with Gasteiger partial charge in [0.05, 0.1) is 29.7 Å². The number of nitrogens with zero attached hydrogens (tertiary/aromatic N) is 6. The number of hydrogen-bond acceptors (Lipinski definition) is 6. The van der Waals surface area contributed by atoms with Gasteiger partial charge in [-0.05, 0) is 39.3 Å². The minimum Gasteiger partial charge on any atom is -0.444 e. The zero-order valence-corrected chi connectivity index (χ0v) is 18.6. The summed E-state index contributed by atoms with van der Waals surface area (Å²) in [4.78, 5) is 24.8. The fraction of sp³-hybridized carbons (Fsp3) is 0.409. The second-order valence-electron chi connectivity index (χ2n) is 8.77. The van der Waals surface area contributed by atoms with Crippen molar-refractivity contribution in [2.45, 2.75) is 45.5 Å². The van der Waals surface area contributed by atoms with Crippen LogP contribution in [0, 0.1) is 0 Å². The molecule has 11 heteroatoms. The zero-order chi connectivity index (χ0) is 24.0. The summed E-state index contributed by atoms with van der Waals surface area (Å²) in [6.07, 6.45) is -2.84. The molecule has 0 aliphatic carbocycles. The van der Waals surface area contributed by atoms with Crippen molar-refractivity contribution >= 4 is 6.09 Å². The molecule has 0 fully saturated rings. The molecule has 2 aromatic heterocycles. The number of rotatable bonds is 2. The molecule has 1 aliphatic rings. The number of alkyl halides is 3. The number of aryl methyl sites for hydroxylation is 1. The molecule has 3 heterocycles. The third-order valence-electron chi connectivity index (χ3n) is 5.03. The van der Waals surface area contributed by atoms with E-state index in [-0.39, 0.29) is 12.4 Å². The third-order valence-corrected chi connectivity index (χ3v) is 5.03. The molecule has 0 saturated carbocycles. The molecule has 1 aliphatic heterocycles. The van der Waals surface area contributed by atoms with Gasteiger partial charge >= 0.3 is 12.3 Å². The van der Waals surface area contributed by atoms with Gasteiger partial charge in [0.15, 0.2) is 5.82 Å². The van der Waals surface area contributed by atoms with Crippen molar-refractivity contribution in [3.63, 3.8) is 0 Å². The lowest BCUT2D eigenvalue weighted by Crippen LogP contribution is -2.40. The minimum absolute atomic E-state index is 0.188. The van der Waals surface area contributed by atoms with Gasteiger partial charge < -0.3 is 9.64 Å². The maximum absolute atomic E-state index is 13.0. The summed E-state index contributed by atoms with van der Waals surface area (Å²) in [5.41, 5.74) is 1.52. The van der Waals surface area contributed by atoms with Crippen molar-refractivity contribution in [1.29, 1.82) is 0 Å². The van der Waals surface area contributed by atoms with Crippen LogP contribution in [0.1, 0.15) is 37.6 Å². The van der Waals surface area contributed by atoms with Crippen LogP contribution in [-0.2, 0) is 30.9 Å². The molecule has 4 rings (SSSR count). The summed E-state index contributed by atoms with van der Waals surface area (Å²) in [7, 11) is 1.68. The average molecular weight is 460 g/mol. The lowest BCUT2D eigenvalue weighted by Gasteiger charge is -2.31. The van der Waals surface area contributed by atoms with Crippen molar-refractivity contribution in [3.8, 4) is 22.8 Å². The van der Waals surface area contributed by atoms with Crippen molar-refractivity contribution < 1.29 is 22.7 Å². The maximum atomic E-state index is 13.0. The number of aromatic nitrogens is 5. The number of hydrogen-bond donors (Lipinski definition) is 0. The predicted molar refractivity (Wildman–Crippen MR) is 113 cm³/mol. The Morgan fingerprint density at radius 2 is 1.79 bits per heavy atom. The smallest absolute Gasteiger partial charge is 0.416 e. The van der Waals surface area contributed by atoms with Gasteiger partial charge in [0.1, 0.15) is 11.3 Å². The molecule has 0 radical (unpaired) electrons. The highest BCUT2D eigenvalue weighted by Gasteiger charge is 2.31. The van der Waals surface area contributed by atoms with Crippen LogP contribution >= 0.6 is 0 Å². The van der Waals surface area contributed by atoms with E-state index in [0.29, 0.717) is 35.6 Å². The van der Waals surface area contributed by atoms with Crippen LogP contribution < -0.4 is 0 Å². The van der Waals surface area contributed by atoms with E-state index in [0.717, 1.165) is 17.7 Å². The summed E-state index contributed by atoms with van der Waals surface area (Å²) in [6, 6.07) is 4.65. The Morgan fingerprint density at radius 3 is 2.36 bits per heavy atom. The van der Waals surface area contributed by atoms with Gasteiger partial charge in [0, 0.05) is 24.7 Å². The summed E-state index contributed by atoms with van der Waals surface area (Å²) in [5, 5.41) is 8.44. The summed E-state index contributed by atoms with van der Waals surface area (Å²) in [5.74, 6) is 0.245. The van der Waals surface area contributed by atoms with E-state index in [1.165, 1.54) is 16.9 Å². The number of ether oxygens (including phenoxy) is 1. The van der Waals surface area contributed by atoms with Crippen LogP contribution in [0.25, 0.3) is 22.8 Å². The first-order chi connectivity index (χ1) is 15.4. The Bertz CT molecular complexity index is 1180. The van der Waals surface area contributed by atoms with E-state index in [1.54, 1.807) is 38.9 Å². The molecule has 1 amide bonds. The first-order valence-corrected chi connectivity index (χ1v) is 10.3. The molecule has 0 unspecified atom stereocenters. The Balaban J connectivity index is 1.75. The van der Waals surface area contributed by atoms with E-state index in [1.807, 2.05) is 0 Å². The first-order valence-electron chi connectivity index (χ1n) is 10.3. The lowest BCUT2D eigenvalue weighted by atomic mass is 10.0.